The molecule has 5 heteroatoms. The van der Waals surface area contributed by atoms with Crippen molar-refractivity contribution in [1.82, 2.24) is 10.2 Å². The Morgan fingerprint density at radius 2 is 1.55 bits per heavy atom. The summed E-state index contributed by atoms with van der Waals surface area (Å²) < 4.78 is 0. The van der Waals surface area contributed by atoms with Gasteiger partial charge in [0, 0.05) is 31.5 Å². The number of carbonyl (C=O) groups excluding carboxylic acids is 2. The quantitative estimate of drug-likeness (QED) is 0.643. The average Bonchev–Trinajstić information content (AvgIpc) is 2.77. The van der Waals surface area contributed by atoms with Gasteiger partial charge in [0.05, 0.1) is 0 Å². The van der Waals surface area contributed by atoms with E-state index in [-0.39, 0.29) is 30.5 Å². The first-order chi connectivity index (χ1) is 13.7. The van der Waals surface area contributed by atoms with E-state index in [2.05, 4.69) is 17.4 Å². The van der Waals surface area contributed by atoms with Crippen molar-refractivity contribution in [2.75, 3.05) is 26.7 Å². The highest BCUT2D eigenvalue weighted by Gasteiger charge is 2.22. The van der Waals surface area contributed by atoms with Crippen LogP contribution in [-0.4, -0.2) is 43.3 Å². The second kappa shape index (κ2) is 11.7. The number of Topliss-reactive ketones (excluding diaryl/α,β-unsaturated/α-hetero) is 1. The molecule has 0 unspecified atom stereocenters. The molecule has 1 fully saturated rings. The summed E-state index contributed by atoms with van der Waals surface area (Å²) in [6.07, 6.45) is 3.91. The number of amides is 1. The van der Waals surface area contributed by atoms with Gasteiger partial charge in [-0.1, -0.05) is 54.6 Å². The van der Waals surface area contributed by atoms with Gasteiger partial charge in [0.1, 0.15) is 0 Å². The van der Waals surface area contributed by atoms with Gasteiger partial charge in [-0.2, -0.15) is 0 Å². The smallest absolute Gasteiger partial charge is 0.223 e. The zero-order chi connectivity index (χ0) is 19.8. The monoisotopic (exact) mass is 414 g/mol. The van der Waals surface area contributed by atoms with E-state index in [1.165, 1.54) is 6.42 Å². The molecule has 1 saturated heterocycles. The lowest BCUT2D eigenvalue weighted by Gasteiger charge is -2.32. The van der Waals surface area contributed by atoms with Gasteiger partial charge in [0.2, 0.25) is 5.91 Å². The fraction of sp³-hybridized carbons (Fsp3) is 0.417. The number of likely N-dealkylation sites (tertiary alicyclic amines) is 1. The molecule has 1 N–H and O–H groups in total. The summed E-state index contributed by atoms with van der Waals surface area (Å²) in [5.41, 5.74) is 2.91. The SMILES string of the molecule is CNCCC1CCN(C(=O)CCC(=O)c2ccc(-c3ccccc3)cc2)CC1.Cl. The summed E-state index contributed by atoms with van der Waals surface area (Å²) in [5.74, 6) is 0.861. The molecule has 4 nitrogen and oxygen atoms in total. The van der Waals surface area contributed by atoms with E-state index in [9.17, 15) is 9.59 Å². The first kappa shape index (κ1) is 23.1. The van der Waals surface area contributed by atoms with Crippen molar-refractivity contribution in [2.24, 2.45) is 5.92 Å². The number of rotatable bonds is 8. The second-order valence-corrected chi connectivity index (χ2v) is 7.58. The highest BCUT2D eigenvalue weighted by Crippen LogP contribution is 2.22. The molecule has 3 rings (SSSR count). The molecule has 156 valence electrons. The first-order valence-corrected chi connectivity index (χ1v) is 10.3. The maximum absolute atomic E-state index is 12.5. The number of piperidine rings is 1. The fourth-order valence-electron chi connectivity index (χ4n) is 3.82. The molecule has 29 heavy (non-hydrogen) atoms. The second-order valence-electron chi connectivity index (χ2n) is 7.58. The van der Waals surface area contributed by atoms with E-state index < -0.39 is 0 Å². The van der Waals surface area contributed by atoms with Crippen LogP contribution >= 0.6 is 12.4 Å². The van der Waals surface area contributed by atoms with Crippen LogP contribution < -0.4 is 5.32 Å². The van der Waals surface area contributed by atoms with Gasteiger partial charge in [0.25, 0.3) is 0 Å². The summed E-state index contributed by atoms with van der Waals surface area (Å²) in [4.78, 5) is 26.9. The van der Waals surface area contributed by atoms with Crippen LogP contribution in [0.1, 0.15) is 42.5 Å². The average molecular weight is 415 g/mol. The van der Waals surface area contributed by atoms with E-state index in [1.807, 2.05) is 54.4 Å². The molecule has 1 amide bonds. The Balaban J connectivity index is 0.00000300. The molecule has 0 bridgehead atoms. The van der Waals surface area contributed by atoms with Crippen LogP contribution in [0.25, 0.3) is 11.1 Å². The number of nitrogens with zero attached hydrogens (tertiary/aromatic N) is 1. The van der Waals surface area contributed by atoms with Crippen molar-refractivity contribution in [2.45, 2.75) is 32.1 Å². The molecular weight excluding hydrogens is 384 g/mol. The van der Waals surface area contributed by atoms with Crippen molar-refractivity contribution < 1.29 is 9.59 Å². The Bertz CT molecular complexity index is 769. The van der Waals surface area contributed by atoms with Crippen LogP contribution in [0.5, 0.6) is 0 Å². The summed E-state index contributed by atoms with van der Waals surface area (Å²) in [6, 6.07) is 17.8. The maximum atomic E-state index is 12.5. The van der Waals surface area contributed by atoms with E-state index >= 15 is 0 Å². The number of nitrogens with one attached hydrogen (secondary N) is 1. The minimum absolute atomic E-state index is 0. The van der Waals surface area contributed by atoms with Gasteiger partial charge in [0.15, 0.2) is 5.78 Å². The van der Waals surface area contributed by atoms with E-state index in [0.29, 0.717) is 17.9 Å². The van der Waals surface area contributed by atoms with Crippen molar-refractivity contribution >= 4 is 24.1 Å². The third-order valence-electron chi connectivity index (χ3n) is 5.65. The van der Waals surface area contributed by atoms with E-state index in [0.717, 1.165) is 43.6 Å². The predicted octanol–water partition coefficient (Wildman–Crippen LogP) is 4.59. The highest BCUT2D eigenvalue weighted by molar-refractivity contribution is 5.98. The summed E-state index contributed by atoms with van der Waals surface area (Å²) in [5, 5.41) is 3.19. The van der Waals surface area contributed by atoms with Gasteiger partial charge in [-0.3, -0.25) is 9.59 Å². The number of halogens is 1. The first-order valence-electron chi connectivity index (χ1n) is 10.3. The van der Waals surface area contributed by atoms with Crippen LogP contribution in [0, 0.1) is 5.92 Å². The van der Waals surface area contributed by atoms with Gasteiger partial charge in [-0.05, 0) is 49.9 Å². The van der Waals surface area contributed by atoms with Gasteiger partial charge >= 0.3 is 0 Å². The lowest BCUT2D eigenvalue weighted by molar-refractivity contribution is -0.132. The van der Waals surface area contributed by atoms with Crippen LogP contribution in [0.4, 0.5) is 0 Å². The summed E-state index contributed by atoms with van der Waals surface area (Å²) in [7, 11) is 1.98. The third-order valence-corrected chi connectivity index (χ3v) is 5.65. The number of benzene rings is 2. The van der Waals surface area contributed by atoms with Crippen LogP contribution in [-0.2, 0) is 4.79 Å². The predicted molar refractivity (Wildman–Crippen MR) is 121 cm³/mol. The van der Waals surface area contributed by atoms with Crippen LogP contribution in [0.15, 0.2) is 54.6 Å². The van der Waals surface area contributed by atoms with Crippen molar-refractivity contribution in [3.05, 3.63) is 60.2 Å². The molecule has 1 heterocycles. The minimum Gasteiger partial charge on any atom is -0.343 e. The maximum Gasteiger partial charge on any atom is 0.223 e. The molecule has 1 aliphatic rings. The molecule has 0 aromatic heterocycles. The normalized spacial score (nSPS) is 14.3. The number of carbonyl (C=O) groups is 2. The van der Waals surface area contributed by atoms with Gasteiger partial charge in [-0.25, -0.2) is 0 Å². The molecular formula is C24H31ClN2O2. The molecule has 1 aliphatic heterocycles. The van der Waals surface area contributed by atoms with Crippen LogP contribution in [0.2, 0.25) is 0 Å². The van der Waals surface area contributed by atoms with E-state index in [4.69, 9.17) is 0 Å². The lowest BCUT2D eigenvalue weighted by Crippen LogP contribution is -2.39. The topological polar surface area (TPSA) is 49.4 Å². The largest absolute Gasteiger partial charge is 0.343 e. The molecule has 0 radical (unpaired) electrons. The Labute approximate surface area is 180 Å². The van der Waals surface area contributed by atoms with Crippen molar-refractivity contribution in [3.63, 3.8) is 0 Å². The van der Waals surface area contributed by atoms with E-state index in [1.54, 1.807) is 0 Å². The molecule has 2 aromatic carbocycles. The highest BCUT2D eigenvalue weighted by atomic mass is 35.5. The standard InChI is InChI=1S/C24H30N2O2.ClH/c1-25-16-13-19-14-17-26(18-15-19)24(28)12-11-23(27)22-9-7-21(8-10-22)20-5-3-2-4-6-20;/h2-10,19,25H,11-18H2,1H3;1H. The minimum atomic E-state index is 0. The summed E-state index contributed by atoms with van der Waals surface area (Å²) >= 11 is 0. The lowest BCUT2D eigenvalue weighted by atomic mass is 9.93. The molecule has 0 aliphatic carbocycles. The fourth-order valence-corrected chi connectivity index (χ4v) is 3.82. The Hall–Kier alpha value is -2.17. The molecule has 0 saturated carbocycles. The summed E-state index contributed by atoms with van der Waals surface area (Å²) in [6.45, 7) is 2.69. The zero-order valence-electron chi connectivity index (χ0n) is 17.1. The Morgan fingerprint density at radius 3 is 2.17 bits per heavy atom. The van der Waals surface area contributed by atoms with Crippen molar-refractivity contribution in [3.8, 4) is 11.1 Å². The molecule has 0 atom stereocenters. The van der Waals surface area contributed by atoms with Crippen LogP contribution in [0.3, 0.4) is 0 Å². The zero-order valence-corrected chi connectivity index (χ0v) is 17.9. The molecule has 2 aromatic rings. The van der Waals surface area contributed by atoms with Gasteiger partial charge < -0.3 is 10.2 Å². The van der Waals surface area contributed by atoms with Gasteiger partial charge in [-0.15, -0.1) is 12.4 Å². The number of hydrogen-bond donors (Lipinski definition) is 1. The number of hydrogen-bond acceptors (Lipinski definition) is 3. The number of ketones is 1. The molecule has 0 spiro atoms. The third kappa shape index (κ3) is 6.69. The Morgan fingerprint density at radius 1 is 0.931 bits per heavy atom. The van der Waals surface area contributed by atoms with Crippen molar-refractivity contribution in [1.29, 1.82) is 0 Å². The Kier molecular flexibility index (Phi) is 9.36.